The second-order valence-electron chi connectivity index (χ2n) is 1.41. The molecule has 0 aromatic carbocycles. The Balaban J connectivity index is 0.000000810. The number of nitrogens with one attached hydrogen (secondary N) is 1. The maximum absolute atomic E-state index is 6.89. The molecule has 56 valence electrons. The van der Waals surface area contributed by atoms with Crippen molar-refractivity contribution in [1.29, 1.82) is 5.41 Å². The number of rotatable bonds is 1. The summed E-state index contributed by atoms with van der Waals surface area (Å²) < 4.78 is 7.30. The standard InChI is InChI=1S/C3H5N5S.ClH/c4-2(5)1-3(6)8-9-7-1;/h(H3,4,5)(H2,6,8);1H. The van der Waals surface area contributed by atoms with Crippen molar-refractivity contribution in [3.8, 4) is 0 Å². The number of amidine groups is 1. The molecule has 0 radical (unpaired) electrons. The molecule has 0 atom stereocenters. The Kier molecular flexibility index (Phi) is 3.04. The summed E-state index contributed by atoms with van der Waals surface area (Å²) in [5.41, 5.74) is 10.6. The molecule has 0 saturated heterocycles. The molecule has 0 bridgehead atoms. The van der Waals surface area contributed by atoms with Crippen LogP contribution in [0.5, 0.6) is 0 Å². The summed E-state index contributed by atoms with van der Waals surface area (Å²) in [6.45, 7) is 0. The SMILES string of the molecule is Cl.N=C(N)c1nsnc1N. The molecule has 0 fully saturated rings. The third kappa shape index (κ3) is 1.55. The Morgan fingerprint density at radius 3 is 2.30 bits per heavy atom. The predicted octanol–water partition coefficient (Wildman–Crippen LogP) is -0.174. The quantitative estimate of drug-likeness (QED) is 0.411. The van der Waals surface area contributed by atoms with E-state index in [1.807, 2.05) is 0 Å². The van der Waals surface area contributed by atoms with E-state index in [0.717, 1.165) is 11.7 Å². The first kappa shape index (κ1) is 9.12. The molecule has 0 unspecified atom stereocenters. The van der Waals surface area contributed by atoms with Crippen molar-refractivity contribution in [1.82, 2.24) is 8.75 Å². The zero-order chi connectivity index (χ0) is 6.85. The van der Waals surface area contributed by atoms with E-state index in [-0.39, 0.29) is 29.8 Å². The van der Waals surface area contributed by atoms with Crippen molar-refractivity contribution in [2.45, 2.75) is 0 Å². The molecule has 5 N–H and O–H groups in total. The van der Waals surface area contributed by atoms with Gasteiger partial charge in [0.05, 0.1) is 11.7 Å². The molecular formula is C3H6ClN5S. The average molecular weight is 180 g/mol. The topological polar surface area (TPSA) is 102 Å². The first-order valence-corrected chi connectivity index (χ1v) is 2.87. The van der Waals surface area contributed by atoms with Crippen LogP contribution < -0.4 is 11.5 Å². The second kappa shape index (κ2) is 3.33. The Labute approximate surface area is 67.7 Å². The smallest absolute Gasteiger partial charge is 0.168 e. The second-order valence-corrected chi connectivity index (χ2v) is 1.94. The summed E-state index contributed by atoms with van der Waals surface area (Å²) in [6, 6.07) is 0. The molecule has 1 rings (SSSR count). The van der Waals surface area contributed by atoms with Crippen LogP contribution in [0.15, 0.2) is 0 Å². The molecule has 10 heavy (non-hydrogen) atoms. The highest BCUT2D eigenvalue weighted by Crippen LogP contribution is 2.04. The van der Waals surface area contributed by atoms with Gasteiger partial charge in [-0.25, -0.2) is 0 Å². The van der Waals surface area contributed by atoms with Crippen LogP contribution in [-0.4, -0.2) is 14.6 Å². The van der Waals surface area contributed by atoms with E-state index in [1.54, 1.807) is 0 Å². The number of nitrogen functional groups attached to an aromatic ring is 2. The first-order valence-electron chi connectivity index (χ1n) is 2.14. The number of nitrogens with zero attached hydrogens (tertiary/aromatic N) is 2. The van der Waals surface area contributed by atoms with Gasteiger partial charge in [-0.15, -0.1) is 12.4 Å². The lowest BCUT2D eigenvalue weighted by Gasteiger charge is -1.87. The molecule has 7 heteroatoms. The average Bonchev–Trinajstić information content (AvgIpc) is 2.13. The monoisotopic (exact) mass is 179 g/mol. The molecule has 0 spiro atoms. The molecule has 5 nitrogen and oxygen atoms in total. The normalized spacial score (nSPS) is 8.40. The van der Waals surface area contributed by atoms with Crippen LogP contribution in [0.3, 0.4) is 0 Å². The van der Waals surface area contributed by atoms with Gasteiger partial charge in [-0.05, 0) is 0 Å². The molecule has 1 aromatic rings. The van der Waals surface area contributed by atoms with Gasteiger partial charge in [-0.2, -0.15) is 8.75 Å². The fourth-order valence-electron chi connectivity index (χ4n) is 0.382. The van der Waals surface area contributed by atoms with Gasteiger partial charge in [-0.3, -0.25) is 5.41 Å². The fourth-order valence-corrected chi connectivity index (χ4v) is 0.871. The Bertz CT molecular complexity index is 233. The predicted molar refractivity (Wildman–Crippen MR) is 42.6 cm³/mol. The number of aromatic nitrogens is 2. The Morgan fingerprint density at radius 1 is 1.50 bits per heavy atom. The van der Waals surface area contributed by atoms with Crippen molar-refractivity contribution >= 4 is 35.8 Å². The summed E-state index contributed by atoms with van der Waals surface area (Å²) in [4.78, 5) is 0. The summed E-state index contributed by atoms with van der Waals surface area (Å²) in [6.07, 6.45) is 0. The minimum absolute atomic E-state index is 0. The van der Waals surface area contributed by atoms with Gasteiger partial charge < -0.3 is 11.5 Å². The van der Waals surface area contributed by atoms with Crippen LogP contribution in [0.25, 0.3) is 0 Å². The highest BCUT2D eigenvalue weighted by molar-refractivity contribution is 6.99. The Hall–Kier alpha value is -0.880. The van der Waals surface area contributed by atoms with Crippen molar-refractivity contribution in [3.63, 3.8) is 0 Å². The van der Waals surface area contributed by atoms with E-state index >= 15 is 0 Å². The van der Waals surface area contributed by atoms with Crippen molar-refractivity contribution < 1.29 is 0 Å². The van der Waals surface area contributed by atoms with Crippen molar-refractivity contribution in [2.24, 2.45) is 5.73 Å². The van der Waals surface area contributed by atoms with Gasteiger partial charge in [0, 0.05) is 0 Å². The summed E-state index contributed by atoms with van der Waals surface area (Å²) in [5, 5.41) is 6.89. The zero-order valence-corrected chi connectivity index (χ0v) is 6.50. The molecule has 0 saturated carbocycles. The van der Waals surface area contributed by atoms with Crippen LogP contribution >= 0.6 is 24.1 Å². The molecule has 0 aliphatic carbocycles. The highest BCUT2D eigenvalue weighted by Gasteiger charge is 2.04. The largest absolute Gasteiger partial charge is 0.382 e. The van der Waals surface area contributed by atoms with E-state index in [9.17, 15) is 0 Å². The third-order valence-electron chi connectivity index (χ3n) is 0.769. The maximum atomic E-state index is 6.89. The number of anilines is 1. The molecule has 1 heterocycles. The van der Waals surface area contributed by atoms with Crippen LogP contribution in [0, 0.1) is 5.41 Å². The molecular weight excluding hydrogens is 174 g/mol. The number of halogens is 1. The van der Waals surface area contributed by atoms with E-state index in [1.165, 1.54) is 0 Å². The van der Waals surface area contributed by atoms with Gasteiger partial charge in [0.1, 0.15) is 5.84 Å². The molecule has 0 amide bonds. The lowest BCUT2D eigenvalue weighted by Crippen LogP contribution is -2.13. The van der Waals surface area contributed by atoms with Gasteiger partial charge in [0.15, 0.2) is 11.5 Å². The molecule has 0 aliphatic rings. The minimum Gasteiger partial charge on any atom is -0.382 e. The minimum atomic E-state index is -0.138. The maximum Gasteiger partial charge on any atom is 0.168 e. The van der Waals surface area contributed by atoms with Gasteiger partial charge in [0.25, 0.3) is 0 Å². The lowest BCUT2D eigenvalue weighted by molar-refractivity contribution is 1.36. The first-order chi connectivity index (χ1) is 4.22. The number of nitrogens with two attached hydrogens (primary N) is 2. The Morgan fingerprint density at radius 2 is 2.10 bits per heavy atom. The van der Waals surface area contributed by atoms with Gasteiger partial charge in [-0.1, -0.05) is 0 Å². The third-order valence-corrected chi connectivity index (χ3v) is 1.31. The van der Waals surface area contributed by atoms with E-state index < -0.39 is 0 Å². The molecule has 1 aromatic heterocycles. The van der Waals surface area contributed by atoms with Crippen LogP contribution in [-0.2, 0) is 0 Å². The zero-order valence-electron chi connectivity index (χ0n) is 4.87. The van der Waals surface area contributed by atoms with Crippen LogP contribution in [0.2, 0.25) is 0 Å². The lowest BCUT2D eigenvalue weighted by atomic mass is 10.4. The van der Waals surface area contributed by atoms with Gasteiger partial charge in [0.2, 0.25) is 0 Å². The summed E-state index contributed by atoms with van der Waals surface area (Å²) >= 11 is 0.949. The van der Waals surface area contributed by atoms with Crippen LogP contribution in [0.1, 0.15) is 5.69 Å². The van der Waals surface area contributed by atoms with Crippen molar-refractivity contribution in [3.05, 3.63) is 5.69 Å². The van der Waals surface area contributed by atoms with E-state index in [4.69, 9.17) is 16.9 Å². The summed E-state index contributed by atoms with van der Waals surface area (Å²) in [7, 11) is 0. The van der Waals surface area contributed by atoms with E-state index in [0.29, 0.717) is 0 Å². The highest BCUT2D eigenvalue weighted by atomic mass is 35.5. The van der Waals surface area contributed by atoms with Crippen molar-refractivity contribution in [2.75, 3.05) is 5.73 Å². The van der Waals surface area contributed by atoms with E-state index in [2.05, 4.69) is 8.75 Å². The van der Waals surface area contributed by atoms with Gasteiger partial charge >= 0.3 is 0 Å². The van der Waals surface area contributed by atoms with Crippen LogP contribution in [0.4, 0.5) is 5.82 Å². The number of hydrogen-bond acceptors (Lipinski definition) is 5. The summed E-state index contributed by atoms with van der Waals surface area (Å²) in [5.74, 6) is 0.0914. The number of hydrogen-bond donors (Lipinski definition) is 3. The molecule has 0 aliphatic heterocycles. The fraction of sp³-hybridized carbons (Fsp3) is 0.